The smallest absolute Gasteiger partial charge is 0.186 e. The molecule has 1 heterocycles. The Balaban J connectivity index is 2.50. The molecule has 0 bridgehead atoms. The fourth-order valence-corrected chi connectivity index (χ4v) is 0.870. The van der Waals surface area contributed by atoms with Crippen LogP contribution in [0.4, 0.5) is 0 Å². The summed E-state index contributed by atoms with van der Waals surface area (Å²) in [7, 11) is 0. The zero-order valence-electron chi connectivity index (χ0n) is 5.27. The predicted octanol–water partition coefficient (Wildman–Crippen LogP) is -2.58. The number of hydrogen-bond donors (Lipinski definition) is 4. The van der Waals surface area contributed by atoms with Crippen molar-refractivity contribution in [3.63, 3.8) is 0 Å². The number of aliphatic hydroxyl groups is 4. The molecule has 0 spiro atoms. The van der Waals surface area contributed by atoms with Crippen LogP contribution < -0.4 is 0 Å². The quantitative estimate of drug-likeness (QED) is 0.262. The summed E-state index contributed by atoms with van der Waals surface area (Å²) in [6.07, 6.45) is -2.37. The van der Waals surface area contributed by atoms with Gasteiger partial charge in [-0.3, -0.25) is 0 Å². The van der Waals surface area contributed by atoms with Crippen LogP contribution in [0.3, 0.4) is 0 Å². The first kappa shape index (κ1) is 7.90. The maximum atomic E-state index is 8.60. The molecule has 0 aromatic rings. The van der Waals surface area contributed by atoms with Gasteiger partial charge in [-0.25, -0.2) is 0 Å². The van der Waals surface area contributed by atoms with E-state index in [4.69, 9.17) is 20.4 Å². The van der Waals surface area contributed by atoms with Gasteiger partial charge in [0.1, 0.15) is 6.10 Å². The van der Waals surface area contributed by atoms with E-state index in [9.17, 15) is 0 Å². The first-order valence-corrected chi connectivity index (χ1v) is 2.93. The van der Waals surface area contributed by atoms with E-state index >= 15 is 0 Å². The monoisotopic (exact) mass is 150 g/mol. The van der Waals surface area contributed by atoms with Crippen molar-refractivity contribution in [2.45, 2.75) is 18.0 Å². The van der Waals surface area contributed by atoms with Crippen molar-refractivity contribution in [1.82, 2.24) is 0 Å². The zero-order chi connectivity index (χ0) is 7.78. The average Bonchev–Trinajstić information content (AvgIpc) is 2.62. The molecule has 1 rings (SSSR count). The third kappa shape index (κ3) is 0.920. The summed E-state index contributed by atoms with van der Waals surface area (Å²) < 4.78 is 4.66. The van der Waals surface area contributed by atoms with Crippen molar-refractivity contribution in [1.29, 1.82) is 0 Å². The average molecular weight is 150 g/mol. The Kier molecular flexibility index (Phi) is 1.93. The summed E-state index contributed by atoms with van der Waals surface area (Å²) in [5.74, 6) is 0. The largest absolute Gasteiger partial charge is 0.394 e. The Bertz CT molecular complexity index is 125. The minimum absolute atomic E-state index is 0.307. The highest BCUT2D eigenvalue weighted by atomic mass is 16.7. The van der Waals surface area contributed by atoms with E-state index in [1.807, 2.05) is 0 Å². The molecular formula is C5H10O5. The maximum Gasteiger partial charge on any atom is 0.186 e. The van der Waals surface area contributed by atoms with Gasteiger partial charge >= 0.3 is 0 Å². The Morgan fingerprint density at radius 2 is 2.00 bits per heavy atom. The van der Waals surface area contributed by atoms with Crippen LogP contribution in [0.25, 0.3) is 0 Å². The molecule has 0 aromatic heterocycles. The predicted molar refractivity (Wildman–Crippen MR) is 30.0 cm³/mol. The van der Waals surface area contributed by atoms with Crippen LogP contribution in [0, 0.1) is 0 Å². The second-order valence-corrected chi connectivity index (χ2v) is 2.28. The Labute approximate surface area is 57.5 Å². The zero-order valence-corrected chi connectivity index (χ0v) is 5.27. The Morgan fingerprint density at radius 1 is 1.40 bits per heavy atom. The van der Waals surface area contributed by atoms with Crippen LogP contribution in [-0.4, -0.2) is 51.6 Å². The lowest BCUT2D eigenvalue weighted by atomic mass is 10.1. The summed E-state index contributed by atoms with van der Waals surface area (Å²) in [4.78, 5) is 0. The first-order chi connectivity index (χ1) is 4.67. The van der Waals surface area contributed by atoms with Crippen LogP contribution in [-0.2, 0) is 4.74 Å². The number of ether oxygens (including phenoxy) is 1. The molecule has 2 unspecified atom stereocenters. The van der Waals surface area contributed by atoms with Crippen molar-refractivity contribution in [2.75, 3.05) is 13.2 Å². The normalized spacial score (nSPS) is 38.7. The fraction of sp³-hybridized carbons (Fsp3) is 1.00. The number of aliphatic hydroxyl groups excluding tert-OH is 3. The third-order valence-corrected chi connectivity index (χ3v) is 1.70. The lowest BCUT2D eigenvalue weighted by Crippen LogP contribution is -2.36. The van der Waals surface area contributed by atoms with Gasteiger partial charge in [0.25, 0.3) is 0 Å². The summed E-state index contributed by atoms with van der Waals surface area (Å²) in [6, 6.07) is 0. The molecular weight excluding hydrogens is 140 g/mol. The molecule has 0 aromatic carbocycles. The fourth-order valence-electron chi connectivity index (χ4n) is 0.870. The molecule has 1 fully saturated rings. The molecule has 1 aliphatic heterocycles. The van der Waals surface area contributed by atoms with Gasteiger partial charge in [0, 0.05) is 0 Å². The second kappa shape index (κ2) is 2.44. The Morgan fingerprint density at radius 3 is 2.10 bits per heavy atom. The van der Waals surface area contributed by atoms with Crippen molar-refractivity contribution < 1.29 is 25.2 Å². The summed E-state index contributed by atoms with van der Waals surface area (Å²) in [5, 5.41) is 34.2. The van der Waals surface area contributed by atoms with Gasteiger partial charge in [-0.05, 0) is 0 Å². The van der Waals surface area contributed by atoms with Gasteiger partial charge in [-0.15, -0.1) is 0 Å². The van der Waals surface area contributed by atoms with Gasteiger partial charge < -0.3 is 25.2 Å². The molecule has 2 atom stereocenters. The van der Waals surface area contributed by atoms with Crippen LogP contribution in [0.15, 0.2) is 0 Å². The molecule has 4 N–H and O–H groups in total. The second-order valence-electron chi connectivity index (χ2n) is 2.28. The molecule has 0 radical (unpaired) electrons. The standard InChI is InChI=1S/C5H10O5/c6-1-3-5(2-7,10-3)4(8)9/h3-4,6-9H,1-2H2. The number of hydrogen-bond acceptors (Lipinski definition) is 5. The third-order valence-electron chi connectivity index (χ3n) is 1.70. The molecule has 1 aliphatic rings. The van der Waals surface area contributed by atoms with E-state index in [0.29, 0.717) is 0 Å². The Hall–Kier alpha value is -0.200. The van der Waals surface area contributed by atoms with Crippen LogP contribution in [0.5, 0.6) is 0 Å². The lowest BCUT2D eigenvalue weighted by molar-refractivity contribution is -0.109. The first-order valence-electron chi connectivity index (χ1n) is 2.93. The van der Waals surface area contributed by atoms with Crippen LogP contribution in [0.1, 0.15) is 0 Å². The number of rotatable bonds is 3. The highest BCUT2D eigenvalue weighted by Crippen LogP contribution is 2.37. The molecule has 5 nitrogen and oxygen atoms in total. The highest BCUT2D eigenvalue weighted by molar-refractivity contribution is 5.03. The van der Waals surface area contributed by atoms with Gasteiger partial charge in [-0.2, -0.15) is 0 Å². The van der Waals surface area contributed by atoms with E-state index in [0.717, 1.165) is 0 Å². The topological polar surface area (TPSA) is 93.5 Å². The van der Waals surface area contributed by atoms with Crippen molar-refractivity contribution in [3.8, 4) is 0 Å². The van der Waals surface area contributed by atoms with Crippen molar-refractivity contribution in [3.05, 3.63) is 0 Å². The lowest BCUT2D eigenvalue weighted by Gasteiger charge is -2.10. The molecule has 0 aliphatic carbocycles. The molecule has 60 valence electrons. The van der Waals surface area contributed by atoms with Crippen molar-refractivity contribution in [2.24, 2.45) is 0 Å². The minimum Gasteiger partial charge on any atom is -0.394 e. The van der Waals surface area contributed by atoms with E-state index < -0.39 is 24.6 Å². The summed E-state index contributed by atoms with van der Waals surface area (Å²) in [5.41, 5.74) is -1.32. The van der Waals surface area contributed by atoms with E-state index in [1.54, 1.807) is 0 Å². The highest BCUT2D eigenvalue weighted by Gasteiger charge is 2.60. The minimum atomic E-state index is -1.73. The molecule has 5 heteroatoms. The molecule has 0 saturated carbocycles. The van der Waals surface area contributed by atoms with Gasteiger partial charge in [0.2, 0.25) is 0 Å². The number of epoxide rings is 1. The molecule has 10 heavy (non-hydrogen) atoms. The summed E-state index contributed by atoms with van der Waals surface area (Å²) >= 11 is 0. The molecule has 1 saturated heterocycles. The summed E-state index contributed by atoms with van der Waals surface area (Å²) in [6.45, 7) is -0.798. The van der Waals surface area contributed by atoms with E-state index in [2.05, 4.69) is 4.74 Å². The maximum absolute atomic E-state index is 8.60. The van der Waals surface area contributed by atoms with Gasteiger partial charge in [0.05, 0.1) is 13.2 Å². The van der Waals surface area contributed by atoms with Crippen molar-refractivity contribution >= 4 is 0 Å². The van der Waals surface area contributed by atoms with E-state index in [1.165, 1.54) is 0 Å². The molecule has 0 amide bonds. The van der Waals surface area contributed by atoms with Gasteiger partial charge in [0.15, 0.2) is 11.9 Å². The SMILES string of the molecule is OCC1OC1(CO)C(O)O. The van der Waals surface area contributed by atoms with E-state index in [-0.39, 0.29) is 6.61 Å². The van der Waals surface area contributed by atoms with Crippen LogP contribution in [0.2, 0.25) is 0 Å². The van der Waals surface area contributed by atoms with Gasteiger partial charge in [-0.1, -0.05) is 0 Å². The van der Waals surface area contributed by atoms with Crippen LogP contribution >= 0.6 is 0 Å².